The Balaban J connectivity index is 0.00000494. The molecule has 4 aromatic carbocycles. The molecule has 0 amide bonds. The molecule has 76 heavy (non-hydrogen) atoms. The van der Waals surface area contributed by atoms with Crippen LogP contribution in [0.2, 0.25) is 0 Å². The van der Waals surface area contributed by atoms with Gasteiger partial charge < -0.3 is 59.1 Å². The summed E-state index contributed by atoms with van der Waals surface area (Å²) in [5, 5.41) is 44.2. The molecule has 8 N–H and O–H groups in total. The molecule has 2 aromatic heterocycles. The van der Waals surface area contributed by atoms with Crippen LogP contribution in [-0.4, -0.2) is 155 Å². The Morgan fingerprint density at radius 2 is 0.803 bits per heavy atom. The molecule has 0 aliphatic rings. The first-order valence-electron chi connectivity index (χ1n) is 20.5. The minimum atomic E-state index is -5.31. The predicted molar refractivity (Wildman–Crippen MR) is 249 cm³/mol. The second-order valence-corrected chi connectivity index (χ2v) is 20.1. The topological polar surface area (TPSA) is 448 Å². The van der Waals surface area contributed by atoms with Crippen LogP contribution in [0.4, 0.5) is 46.5 Å². The minimum Gasteiger partial charge on any atom is -0.744 e. The van der Waals surface area contributed by atoms with Crippen LogP contribution in [0, 0.1) is 0 Å². The van der Waals surface area contributed by atoms with E-state index in [0.717, 1.165) is 60.7 Å². The quantitative estimate of drug-likeness (QED) is 0.0178. The van der Waals surface area contributed by atoms with E-state index >= 15 is 0 Å². The molecule has 0 unspecified atom stereocenters. The number of nitrogens with zero attached hydrogens (tertiary/aromatic N) is 8. The Kier molecular flexibility index (Phi) is 26.8. The molecule has 2 heterocycles. The van der Waals surface area contributed by atoms with Crippen LogP contribution in [0.5, 0.6) is 0 Å². The van der Waals surface area contributed by atoms with Gasteiger partial charge in [-0.1, -0.05) is 24.3 Å². The first-order valence-corrected chi connectivity index (χ1v) is 26.1. The second kappa shape index (κ2) is 29.9. The summed E-state index contributed by atoms with van der Waals surface area (Å²) in [5.41, 5.74) is -1.00. The predicted octanol–water partition coefficient (Wildman–Crippen LogP) is -12.7. The molecule has 384 valence electrons. The van der Waals surface area contributed by atoms with Gasteiger partial charge in [-0.15, -0.1) is 0 Å². The van der Waals surface area contributed by atoms with Crippen molar-refractivity contribution in [2.75, 3.05) is 73.0 Å². The zero-order chi connectivity index (χ0) is 52.4. The number of aromatic nitrogens is 6. The van der Waals surface area contributed by atoms with Crippen LogP contribution in [0.25, 0.3) is 12.2 Å². The average Bonchev–Trinajstić information content (AvgIpc) is 3.30. The molecule has 0 saturated heterocycles. The third-order valence-electron chi connectivity index (χ3n) is 9.62. The van der Waals surface area contributed by atoms with E-state index in [-0.39, 0.29) is 218 Å². The Labute approximate surface area is 503 Å². The van der Waals surface area contributed by atoms with E-state index in [1.165, 1.54) is 46.2 Å². The van der Waals surface area contributed by atoms with Gasteiger partial charge in [0.05, 0.1) is 57.4 Å². The fraction of sp³-hybridized carbons (Fsp3) is 0.200. The maximum absolute atomic E-state index is 12.6. The molecule has 6 aromatic rings. The summed E-state index contributed by atoms with van der Waals surface area (Å²) in [5.74, 6) is -0.405. The Morgan fingerprint density at radius 1 is 0.487 bits per heavy atom. The Morgan fingerprint density at radius 3 is 1.08 bits per heavy atom. The van der Waals surface area contributed by atoms with Crippen molar-refractivity contribution in [1.82, 2.24) is 29.9 Å². The number of aliphatic hydroxyl groups excluding tert-OH is 4. The maximum atomic E-state index is 12.6. The number of benzene rings is 4. The summed E-state index contributed by atoms with van der Waals surface area (Å²) in [6.07, 6.45) is 2.10. The van der Waals surface area contributed by atoms with Gasteiger partial charge in [0.15, 0.2) is 0 Å². The van der Waals surface area contributed by atoms with Crippen molar-refractivity contribution in [3.05, 3.63) is 107 Å². The number of nitrogens with one attached hydrogen (secondary N) is 4. The van der Waals surface area contributed by atoms with E-state index in [1.807, 2.05) is 0 Å². The van der Waals surface area contributed by atoms with Gasteiger partial charge in [0, 0.05) is 37.6 Å². The van der Waals surface area contributed by atoms with Crippen LogP contribution >= 0.6 is 0 Å². The number of aromatic amines is 2. The van der Waals surface area contributed by atoms with Gasteiger partial charge in [0.25, 0.3) is 0 Å². The summed E-state index contributed by atoms with van der Waals surface area (Å²) >= 11 is 0. The monoisotopic (exact) mass is 1130 g/mol. The summed E-state index contributed by atoms with van der Waals surface area (Å²) in [4.78, 5) is 31.4. The van der Waals surface area contributed by atoms with Crippen molar-refractivity contribution in [2.24, 2.45) is 9.98 Å². The van der Waals surface area contributed by atoms with Gasteiger partial charge in [-0.2, -0.15) is 19.9 Å². The fourth-order valence-corrected chi connectivity index (χ4v) is 8.71. The molecule has 0 atom stereocenters. The maximum Gasteiger partial charge on any atom is 1.00 e. The number of H-pyrrole nitrogens is 2. The van der Waals surface area contributed by atoms with Gasteiger partial charge in [0.2, 0.25) is 35.0 Å². The van der Waals surface area contributed by atoms with Gasteiger partial charge in [-0.3, -0.25) is 9.97 Å². The van der Waals surface area contributed by atoms with Gasteiger partial charge in [0.1, 0.15) is 40.5 Å². The largest absolute Gasteiger partial charge is 1.00 e. The third kappa shape index (κ3) is 19.5. The van der Waals surface area contributed by atoms with Crippen molar-refractivity contribution in [1.29, 1.82) is 0 Å². The third-order valence-corrected chi connectivity index (χ3v) is 13.1. The zero-order valence-corrected chi connectivity index (χ0v) is 48.1. The number of hydrogen-bond acceptors (Lipinski definition) is 26. The molecule has 0 bridgehead atoms. The van der Waals surface area contributed by atoms with E-state index in [2.05, 4.69) is 50.5 Å². The summed E-state index contributed by atoms with van der Waals surface area (Å²) in [6, 6.07) is 15.7. The fourth-order valence-electron chi connectivity index (χ4n) is 6.40. The van der Waals surface area contributed by atoms with Crippen LogP contribution in [0.1, 0.15) is 11.1 Å². The van der Waals surface area contributed by atoms with E-state index in [4.69, 9.17) is 0 Å². The molecule has 0 radical (unpaired) electrons. The van der Waals surface area contributed by atoms with E-state index in [1.54, 1.807) is 0 Å². The first-order chi connectivity index (χ1) is 34.0. The number of rotatable bonds is 22. The number of aliphatic hydroxyl groups is 4. The van der Waals surface area contributed by atoms with Gasteiger partial charge in [-0.05, 0) is 83.9 Å². The Hall–Kier alpha value is -3.89. The van der Waals surface area contributed by atoms with E-state index < -0.39 is 60.1 Å². The molecule has 0 fully saturated rings. The second-order valence-electron chi connectivity index (χ2n) is 14.6. The summed E-state index contributed by atoms with van der Waals surface area (Å²) in [6.45, 7) is -1.73. The van der Waals surface area contributed by atoms with Crippen LogP contribution in [-0.2, 0) is 40.5 Å². The molecule has 6 rings (SSSR count). The number of anilines is 6. The standard InChI is InChI=1S/C40H44N12O16S4.2Li.2Na/c53-19-15-51(16-20-54)39-47-35(41-27-7-11-31(12-8-27)69(57,58)59)45-37(49-39)43-29-5-3-25(33(23-29)71(63,64)65)1-2-26-4-6-30(24-34(26)72(66,67)68)44-38-46-36(48-40(50-38)52(17-21-55)18-22-56)42-28-9-13-32(14-10-28)70(60,61)62;;;;/h1-14,23-24,53-56H,15-22H2,(H,57,58,59)(H,60,61,62)(H,63,64,65)(H,66,67,68)(H2,41,43,45,47,49)(H2,42,44,46,48,50);;;;/q;4*+1/p-4/b2-1+;;;;. The normalized spacial score (nSPS) is 12.2. The van der Waals surface area contributed by atoms with Crippen molar-refractivity contribution < 1.29 is 169 Å². The van der Waals surface area contributed by atoms with Crippen molar-refractivity contribution in [2.45, 2.75) is 19.6 Å². The molecule has 28 nitrogen and oxygen atoms in total. The molecular weight excluding hydrogens is 1090 g/mol. The van der Waals surface area contributed by atoms with Crippen molar-refractivity contribution >= 4 is 99.2 Å². The van der Waals surface area contributed by atoms with E-state index in [0.29, 0.717) is 0 Å². The summed E-state index contributed by atoms with van der Waals surface area (Å²) < 4.78 is 144. The molecule has 0 spiro atoms. The zero-order valence-electron chi connectivity index (χ0n) is 40.8. The molecule has 0 aliphatic heterocycles. The van der Waals surface area contributed by atoms with Gasteiger partial charge >= 0.3 is 96.8 Å². The summed E-state index contributed by atoms with van der Waals surface area (Å²) in [7, 11) is -20.1. The minimum absolute atomic E-state index is 0. The molecule has 0 aliphatic carbocycles. The average molecular weight is 1130 g/mol. The Bertz CT molecular complexity index is 3340. The molecule has 36 heteroatoms. The smallest absolute Gasteiger partial charge is 0.744 e. The first kappa shape index (κ1) is 68.2. The van der Waals surface area contributed by atoms with Gasteiger partial charge in [-0.25, -0.2) is 43.7 Å². The van der Waals surface area contributed by atoms with Crippen LogP contribution in [0.3, 0.4) is 0 Å². The van der Waals surface area contributed by atoms with Crippen molar-refractivity contribution in [3.63, 3.8) is 0 Å². The molecular formula is C40H40Li2N12Na2O16S4. The van der Waals surface area contributed by atoms with Crippen LogP contribution < -0.4 is 129 Å². The van der Waals surface area contributed by atoms with E-state index in [9.17, 15) is 72.3 Å². The van der Waals surface area contributed by atoms with Crippen molar-refractivity contribution in [3.8, 4) is 0 Å². The van der Waals surface area contributed by atoms with Crippen LogP contribution in [0.15, 0.2) is 114 Å². The molecule has 0 saturated carbocycles. The SMILES string of the molecule is O=S(=O)([O-])c1ccc(Nc2nc(N(CCO)CCO)[nH]c(=Nc3ccc(/C=C/c4ccc(N=c5nc(Nc6ccc(S(=O)(=O)[O-])cc6)nc(N(CCO)CCO)[nH]5)cc4S(=O)(=O)[O-])c(S(=O)(=O)[O-])c3)n2)cc1.[Li+].[Li+].[Na+].[Na+]. The number of hydrogen-bond donors (Lipinski definition) is 8.